The number of oxime groups is 1. The molecule has 5 heavy (non-hydrogen) atoms. The highest BCUT2D eigenvalue weighted by Crippen LogP contribution is 1.76. The van der Waals surface area contributed by atoms with Crippen molar-refractivity contribution < 1.29 is 9.32 Å². The molecule has 0 saturated carbocycles. The van der Waals surface area contributed by atoms with Gasteiger partial charge in [0, 0.05) is 19.6 Å². The SMILES string of the molecule is C=NOOS. The Morgan fingerprint density at radius 3 is 2.40 bits per heavy atom. The van der Waals surface area contributed by atoms with Crippen LogP contribution in [0.1, 0.15) is 0 Å². The average molecular weight is 93.1 g/mol. The molecule has 30 valence electrons. The van der Waals surface area contributed by atoms with Gasteiger partial charge in [-0.25, -0.2) is 4.99 Å². The van der Waals surface area contributed by atoms with E-state index in [2.05, 4.69) is 34.1 Å². The molecule has 0 aromatic rings. The minimum Gasteiger partial charge on any atom is -0.209 e. The van der Waals surface area contributed by atoms with Gasteiger partial charge in [-0.05, 0) is 0 Å². The highest BCUT2D eigenvalue weighted by Gasteiger charge is 1.56. The molecule has 0 heterocycles. The van der Waals surface area contributed by atoms with Crippen molar-refractivity contribution in [2.75, 3.05) is 0 Å². The number of rotatable bonds is 2. The quantitative estimate of drug-likeness (QED) is 0.176. The van der Waals surface area contributed by atoms with E-state index in [4.69, 9.17) is 0 Å². The number of hydrogen-bond donors (Lipinski definition) is 1. The maximum atomic E-state index is 3.71. The molecule has 0 bridgehead atoms. The van der Waals surface area contributed by atoms with E-state index in [1.165, 1.54) is 0 Å². The fourth-order valence-corrected chi connectivity index (χ4v) is 0.0707. The molecule has 0 rings (SSSR count). The van der Waals surface area contributed by atoms with Gasteiger partial charge in [-0.3, -0.25) is 0 Å². The van der Waals surface area contributed by atoms with Crippen LogP contribution in [0.25, 0.3) is 0 Å². The summed E-state index contributed by atoms with van der Waals surface area (Å²) in [5.74, 6) is 0. The van der Waals surface area contributed by atoms with E-state index in [1.54, 1.807) is 0 Å². The molecule has 0 aromatic carbocycles. The molecular weight excluding hydrogens is 90.1 g/mol. The molecule has 0 radical (unpaired) electrons. The molecule has 0 aliphatic rings. The highest BCUT2D eigenvalue weighted by molar-refractivity contribution is 7.74. The molecule has 0 aromatic heterocycles. The minimum atomic E-state index is 2.81. The predicted octanol–water partition coefficient (Wildman–Crippen LogP) is 0.395. The molecule has 4 heteroatoms. The summed E-state index contributed by atoms with van der Waals surface area (Å²) in [6.07, 6.45) is 0. The largest absolute Gasteiger partial charge is 0.209 e. The van der Waals surface area contributed by atoms with Gasteiger partial charge in [-0.2, -0.15) is 0 Å². The van der Waals surface area contributed by atoms with Crippen LogP contribution in [-0.2, 0) is 9.32 Å². The van der Waals surface area contributed by atoms with Crippen LogP contribution in [0.2, 0.25) is 0 Å². The maximum Gasteiger partial charge on any atom is 0.0341 e. The monoisotopic (exact) mass is 93.0 g/mol. The summed E-state index contributed by atoms with van der Waals surface area (Å²) in [5, 5.41) is 2.81. The van der Waals surface area contributed by atoms with Gasteiger partial charge in [0.2, 0.25) is 0 Å². The molecule has 0 fully saturated rings. The van der Waals surface area contributed by atoms with E-state index >= 15 is 0 Å². The van der Waals surface area contributed by atoms with E-state index in [0.717, 1.165) is 0 Å². The Morgan fingerprint density at radius 1 is 1.80 bits per heavy atom. The summed E-state index contributed by atoms with van der Waals surface area (Å²) in [5.41, 5.74) is 0. The third-order valence-electron chi connectivity index (χ3n) is 0.0860. The van der Waals surface area contributed by atoms with Crippen LogP contribution in [0.3, 0.4) is 0 Å². The molecule has 0 amide bonds. The normalized spacial score (nSPS) is 6.60. The van der Waals surface area contributed by atoms with E-state index < -0.39 is 0 Å². The van der Waals surface area contributed by atoms with Gasteiger partial charge in [-0.1, -0.05) is 9.49 Å². The average Bonchev–Trinajstić information content (AvgIpc) is 1.41. The number of hydrogen-bond acceptors (Lipinski definition) is 4. The molecule has 0 aliphatic carbocycles. The van der Waals surface area contributed by atoms with Crippen molar-refractivity contribution in [3.8, 4) is 0 Å². The first kappa shape index (κ1) is 4.78. The maximum absolute atomic E-state index is 3.71. The van der Waals surface area contributed by atoms with E-state index in [0.29, 0.717) is 0 Å². The lowest BCUT2D eigenvalue weighted by molar-refractivity contribution is -0.186. The molecule has 3 nitrogen and oxygen atoms in total. The Balaban J connectivity index is 2.40. The lowest BCUT2D eigenvalue weighted by Crippen LogP contribution is -1.64. The number of thiol groups is 1. The van der Waals surface area contributed by atoms with E-state index in [9.17, 15) is 0 Å². The van der Waals surface area contributed by atoms with E-state index in [-0.39, 0.29) is 0 Å². The van der Waals surface area contributed by atoms with Crippen LogP contribution in [0, 0.1) is 0 Å². The zero-order valence-electron chi connectivity index (χ0n) is 2.42. The Hall–Kier alpha value is -0.220. The second-order valence-corrected chi connectivity index (χ2v) is 0.427. The van der Waals surface area contributed by atoms with Crippen molar-refractivity contribution in [1.82, 2.24) is 0 Å². The third kappa shape index (κ3) is 3.78. The van der Waals surface area contributed by atoms with Crippen molar-refractivity contribution in [2.24, 2.45) is 5.16 Å². The zero-order chi connectivity index (χ0) is 4.12. The molecular formula is CH3NO2S. The first-order valence-corrected chi connectivity index (χ1v) is 1.21. The fraction of sp³-hybridized carbons (Fsp3) is 0. The standard InChI is InChI=1S/CH3NO2S/c1-2-3-4-5/h5H,1H2. The summed E-state index contributed by atoms with van der Waals surface area (Å²) in [7, 11) is 0. The first-order valence-electron chi connectivity index (χ1n) is 0.848. The number of nitrogens with zero attached hydrogens (tertiary/aromatic N) is 1. The Labute approximate surface area is 35.1 Å². The third-order valence-corrected chi connectivity index (χ3v) is 0.153. The van der Waals surface area contributed by atoms with Gasteiger partial charge in [0.25, 0.3) is 0 Å². The summed E-state index contributed by atoms with van der Waals surface area (Å²) < 4.78 is 3.66. The molecule has 0 spiro atoms. The van der Waals surface area contributed by atoms with Gasteiger partial charge >= 0.3 is 0 Å². The Morgan fingerprint density at radius 2 is 2.40 bits per heavy atom. The highest BCUT2D eigenvalue weighted by atomic mass is 32.1. The van der Waals surface area contributed by atoms with Crippen molar-refractivity contribution in [2.45, 2.75) is 0 Å². The molecule has 0 aliphatic heterocycles. The van der Waals surface area contributed by atoms with Gasteiger partial charge < -0.3 is 0 Å². The van der Waals surface area contributed by atoms with Crippen molar-refractivity contribution in [3.63, 3.8) is 0 Å². The fourth-order valence-electron chi connectivity index (χ4n) is 0.0236. The van der Waals surface area contributed by atoms with Crippen LogP contribution in [0.15, 0.2) is 5.16 Å². The van der Waals surface area contributed by atoms with Gasteiger partial charge in [0.1, 0.15) is 0 Å². The van der Waals surface area contributed by atoms with Crippen molar-refractivity contribution in [1.29, 1.82) is 0 Å². The predicted molar refractivity (Wildman–Crippen MR) is 20.7 cm³/mol. The van der Waals surface area contributed by atoms with Crippen molar-refractivity contribution in [3.05, 3.63) is 0 Å². The topological polar surface area (TPSA) is 30.8 Å². The van der Waals surface area contributed by atoms with Crippen LogP contribution >= 0.6 is 12.9 Å². The van der Waals surface area contributed by atoms with Gasteiger partial charge in [0.15, 0.2) is 0 Å². The van der Waals surface area contributed by atoms with E-state index in [1.807, 2.05) is 0 Å². The van der Waals surface area contributed by atoms with Crippen LogP contribution in [0.5, 0.6) is 0 Å². The Kier molecular flexibility index (Phi) is 3.61. The van der Waals surface area contributed by atoms with Gasteiger partial charge in [0.05, 0.1) is 0 Å². The second-order valence-electron chi connectivity index (χ2n) is 0.278. The molecule has 0 atom stereocenters. The molecule has 0 unspecified atom stereocenters. The summed E-state index contributed by atoms with van der Waals surface area (Å²) in [4.78, 5) is 3.71. The molecule has 0 N–H and O–H groups in total. The molecule has 0 saturated heterocycles. The second kappa shape index (κ2) is 3.78. The van der Waals surface area contributed by atoms with Crippen LogP contribution < -0.4 is 0 Å². The Bertz CT molecular complexity index is 30.8. The summed E-state index contributed by atoms with van der Waals surface area (Å²) in [6, 6.07) is 0. The van der Waals surface area contributed by atoms with Crippen LogP contribution in [0.4, 0.5) is 0 Å². The smallest absolute Gasteiger partial charge is 0.0341 e. The summed E-state index contributed by atoms with van der Waals surface area (Å²) in [6.45, 7) is 2.90. The summed E-state index contributed by atoms with van der Waals surface area (Å²) >= 11 is 3.14. The lowest BCUT2D eigenvalue weighted by atomic mass is 11.8. The van der Waals surface area contributed by atoms with Gasteiger partial charge in [-0.15, -0.1) is 0 Å². The lowest BCUT2D eigenvalue weighted by Gasteiger charge is -1.78. The zero-order valence-corrected chi connectivity index (χ0v) is 3.31. The first-order chi connectivity index (χ1) is 2.41. The van der Waals surface area contributed by atoms with Crippen molar-refractivity contribution >= 4 is 19.6 Å². The van der Waals surface area contributed by atoms with Crippen LogP contribution in [-0.4, -0.2) is 6.72 Å². The minimum absolute atomic E-state index is 2.81.